The molecule has 0 spiro atoms. The van der Waals surface area contributed by atoms with Gasteiger partial charge in [0.05, 0.1) is 0 Å². The molecule has 30 heavy (non-hydrogen) atoms. The van der Waals surface area contributed by atoms with Gasteiger partial charge in [-0.15, -0.1) is 0 Å². The summed E-state index contributed by atoms with van der Waals surface area (Å²) in [7, 11) is 1.04. The molecule has 0 bridgehead atoms. The van der Waals surface area contributed by atoms with Crippen LogP contribution in [0.25, 0.3) is 0 Å². The maximum absolute atomic E-state index is 12.8. The van der Waals surface area contributed by atoms with Crippen molar-refractivity contribution in [2.45, 2.75) is 69.7 Å². The molecule has 1 aliphatic heterocycles. The van der Waals surface area contributed by atoms with Crippen LogP contribution in [0.4, 0.5) is 0 Å². The predicted molar refractivity (Wildman–Crippen MR) is 124 cm³/mol. The summed E-state index contributed by atoms with van der Waals surface area (Å²) in [6.45, 7) is 4.34. The number of rotatable bonds is 6. The summed E-state index contributed by atoms with van der Waals surface area (Å²) in [5.74, 6) is 1.63. The summed E-state index contributed by atoms with van der Waals surface area (Å²) in [4.78, 5) is 19.1. The molecule has 2 fully saturated rings. The molecule has 2 N–H and O–H groups in total. The van der Waals surface area contributed by atoms with Crippen molar-refractivity contribution in [3.8, 4) is 0 Å². The Labute approximate surface area is 183 Å². The number of amides is 1. The summed E-state index contributed by atoms with van der Waals surface area (Å²) in [5, 5.41) is 7.17. The number of carbonyl (C=O) groups excluding carboxylic acids is 1. The average Bonchev–Trinajstić information content (AvgIpc) is 2.81. The van der Waals surface area contributed by atoms with E-state index in [2.05, 4.69) is 15.6 Å². The predicted octanol–water partition coefficient (Wildman–Crippen LogP) is 3.06. The van der Waals surface area contributed by atoms with E-state index in [4.69, 9.17) is 0 Å². The zero-order valence-electron chi connectivity index (χ0n) is 18.4. The van der Waals surface area contributed by atoms with E-state index < -0.39 is 10.8 Å². The largest absolute Gasteiger partial charge is 0.354 e. The number of piperidine rings is 1. The van der Waals surface area contributed by atoms with E-state index in [1.807, 2.05) is 36.1 Å². The first kappa shape index (κ1) is 22.8. The van der Waals surface area contributed by atoms with Crippen molar-refractivity contribution in [3.05, 3.63) is 35.4 Å². The molecule has 3 unspecified atom stereocenters. The van der Waals surface area contributed by atoms with Crippen molar-refractivity contribution in [3.63, 3.8) is 0 Å². The molecule has 1 aliphatic carbocycles. The van der Waals surface area contributed by atoms with Gasteiger partial charge in [-0.05, 0) is 56.2 Å². The second-order valence-electron chi connectivity index (χ2n) is 8.28. The summed E-state index contributed by atoms with van der Waals surface area (Å²) in [6, 6.07) is 8.18. The fourth-order valence-electron chi connectivity index (χ4n) is 4.42. The van der Waals surface area contributed by atoms with Crippen LogP contribution in [0.5, 0.6) is 0 Å². The van der Waals surface area contributed by atoms with Gasteiger partial charge in [-0.3, -0.25) is 14.0 Å². The molecule has 1 amide bonds. The average molecular weight is 433 g/mol. The van der Waals surface area contributed by atoms with E-state index in [-0.39, 0.29) is 11.2 Å². The highest BCUT2D eigenvalue weighted by molar-refractivity contribution is 7.85. The zero-order valence-corrected chi connectivity index (χ0v) is 19.2. The van der Waals surface area contributed by atoms with Gasteiger partial charge in [0, 0.05) is 60.1 Å². The van der Waals surface area contributed by atoms with Crippen molar-refractivity contribution in [2.24, 2.45) is 4.99 Å². The lowest BCUT2D eigenvalue weighted by Gasteiger charge is -2.30. The van der Waals surface area contributed by atoms with Crippen LogP contribution in [-0.2, 0) is 17.3 Å². The van der Waals surface area contributed by atoms with Crippen molar-refractivity contribution < 1.29 is 9.00 Å². The molecule has 6 nitrogen and oxygen atoms in total. The lowest BCUT2D eigenvalue weighted by Crippen LogP contribution is -2.46. The van der Waals surface area contributed by atoms with Crippen molar-refractivity contribution in [1.29, 1.82) is 0 Å². The van der Waals surface area contributed by atoms with Gasteiger partial charge in [0.25, 0.3) is 5.91 Å². The third kappa shape index (κ3) is 6.30. The number of guanidine groups is 1. The molecular weight excluding hydrogens is 396 g/mol. The Morgan fingerprint density at radius 2 is 2.00 bits per heavy atom. The Balaban J connectivity index is 1.53. The first-order chi connectivity index (χ1) is 14.6. The van der Waals surface area contributed by atoms with E-state index in [9.17, 15) is 9.00 Å². The highest BCUT2D eigenvalue weighted by atomic mass is 32.2. The lowest BCUT2D eigenvalue weighted by molar-refractivity contribution is 0.0724. The van der Waals surface area contributed by atoms with Crippen molar-refractivity contribution in [2.75, 3.05) is 25.9 Å². The third-order valence-corrected chi connectivity index (χ3v) is 7.86. The highest BCUT2D eigenvalue weighted by Gasteiger charge is 2.26. The second kappa shape index (κ2) is 11.5. The van der Waals surface area contributed by atoms with Gasteiger partial charge in [0.1, 0.15) is 0 Å². The molecule has 166 valence electrons. The standard InChI is InChI=1S/C23H36N4O2S/c1-3-30(29)21-12-8-11-20(16-21)26-23(24-2)25-17-18-9-7-10-19(15-18)22(28)27-13-5-4-6-14-27/h7,9-10,15,20-21H,3-6,8,11-14,16-17H2,1-2H3,(H2,24,25,26). The van der Waals surface area contributed by atoms with Crippen molar-refractivity contribution in [1.82, 2.24) is 15.5 Å². The second-order valence-corrected chi connectivity index (χ2v) is 10.3. The van der Waals surface area contributed by atoms with Gasteiger partial charge >= 0.3 is 0 Å². The number of nitrogens with one attached hydrogen (secondary N) is 2. The minimum atomic E-state index is -0.730. The smallest absolute Gasteiger partial charge is 0.253 e. The molecule has 7 heteroatoms. The number of aliphatic imine (C=N–C) groups is 1. The SMILES string of the molecule is CCS(=O)C1CCCC(NC(=NC)NCc2cccc(C(=O)N3CCCCC3)c2)C1. The maximum atomic E-state index is 12.8. The number of hydrogen-bond acceptors (Lipinski definition) is 3. The number of carbonyl (C=O) groups is 1. The zero-order chi connectivity index (χ0) is 21.3. The van der Waals surface area contributed by atoms with Crippen LogP contribution in [0.15, 0.2) is 29.3 Å². The van der Waals surface area contributed by atoms with Crippen LogP contribution in [0.2, 0.25) is 0 Å². The van der Waals surface area contributed by atoms with Gasteiger partial charge < -0.3 is 15.5 Å². The summed E-state index contributed by atoms with van der Waals surface area (Å²) in [5.41, 5.74) is 1.82. The maximum Gasteiger partial charge on any atom is 0.253 e. The first-order valence-corrected chi connectivity index (χ1v) is 12.7. The van der Waals surface area contributed by atoms with Gasteiger partial charge in [0.2, 0.25) is 0 Å². The minimum absolute atomic E-state index is 0.135. The van der Waals surface area contributed by atoms with Crippen LogP contribution in [0, 0.1) is 0 Å². The Kier molecular flexibility index (Phi) is 8.73. The van der Waals surface area contributed by atoms with E-state index in [1.54, 1.807) is 7.05 Å². The fraction of sp³-hybridized carbons (Fsp3) is 0.652. The van der Waals surface area contributed by atoms with E-state index in [0.717, 1.165) is 74.5 Å². The van der Waals surface area contributed by atoms with E-state index >= 15 is 0 Å². The van der Waals surface area contributed by atoms with Crippen LogP contribution < -0.4 is 10.6 Å². The Bertz CT molecular complexity index is 761. The molecule has 1 aromatic carbocycles. The molecular formula is C23H36N4O2S. The Morgan fingerprint density at radius 1 is 1.20 bits per heavy atom. The van der Waals surface area contributed by atoms with Gasteiger partial charge in [-0.25, -0.2) is 0 Å². The fourth-order valence-corrected chi connectivity index (χ4v) is 5.77. The van der Waals surface area contributed by atoms with Crippen LogP contribution in [0.1, 0.15) is 67.8 Å². The number of benzene rings is 1. The van der Waals surface area contributed by atoms with E-state index in [1.165, 1.54) is 6.42 Å². The van der Waals surface area contributed by atoms with Gasteiger partial charge in [-0.2, -0.15) is 0 Å². The molecule has 1 saturated carbocycles. The summed E-state index contributed by atoms with van der Waals surface area (Å²) in [6.07, 6.45) is 7.59. The number of likely N-dealkylation sites (tertiary alicyclic amines) is 1. The monoisotopic (exact) mass is 432 g/mol. The van der Waals surface area contributed by atoms with E-state index in [0.29, 0.717) is 12.6 Å². The number of nitrogens with zero attached hydrogens (tertiary/aromatic N) is 2. The number of hydrogen-bond donors (Lipinski definition) is 2. The summed E-state index contributed by atoms with van der Waals surface area (Å²) < 4.78 is 12.2. The molecule has 3 atom stereocenters. The van der Waals surface area contributed by atoms with Gasteiger partial charge in [0.15, 0.2) is 5.96 Å². The molecule has 3 rings (SSSR count). The lowest BCUT2D eigenvalue weighted by atomic mass is 9.95. The summed E-state index contributed by atoms with van der Waals surface area (Å²) >= 11 is 0. The normalized spacial score (nSPS) is 23.7. The molecule has 2 aliphatic rings. The van der Waals surface area contributed by atoms with Gasteiger partial charge in [-0.1, -0.05) is 25.5 Å². The highest BCUT2D eigenvalue weighted by Crippen LogP contribution is 2.23. The molecule has 0 aromatic heterocycles. The topological polar surface area (TPSA) is 73.8 Å². The minimum Gasteiger partial charge on any atom is -0.354 e. The molecule has 1 heterocycles. The molecule has 1 aromatic rings. The Morgan fingerprint density at radius 3 is 2.73 bits per heavy atom. The van der Waals surface area contributed by atoms with Crippen LogP contribution in [0.3, 0.4) is 0 Å². The van der Waals surface area contributed by atoms with Crippen LogP contribution in [-0.4, -0.2) is 58.2 Å². The Hall–Kier alpha value is -1.89. The first-order valence-electron chi connectivity index (χ1n) is 11.3. The third-order valence-electron chi connectivity index (χ3n) is 6.12. The quantitative estimate of drug-likeness (QED) is 0.535. The van der Waals surface area contributed by atoms with Crippen LogP contribution >= 0.6 is 0 Å². The molecule has 1 saturated heterocycles. The molecule has 0 radical (unpaired) electrons. The van der Waals surface area contributed by atoms with Crippen molar-refractivity contribution >= 4 is 22.7 Å².